The molecule has 1 aliphatic heterocycles. The average molecular weight is 471 g/mol. The van der Waals surface area contributed by atoms with Gasteiger partial charge in [-0.15, -0.1) is 0 Å². The third kappa shape index (κ3) is 5.23. The predicted molar refractivity (Wildman–Crippen MR) is 114 cm³/mol. The zero-order chi connectivity index (χ0) is 23.9. The first kappa shape index (κ1) is 23.3. The Kier molecular flexibility index (Phi) is 6.25. The number of nitrogens with zero attached hydrogens (tertiary/aromatic N) is 5. The van der Waals surface area contributed by atoms with E-state index in [1.165, 1.54) is 4.90 Å². The molecule has 1 saturated heterocycles. The van der Waals surface area contributed by atoms with E-state index in [1.54, 1.807) is 20.8 Å². The maximum atomic E-state index is 14.8. The highest BCUT2D eigenvalue weighted by Crippen LogP contribution is 2.34. The van der Waals surface area contributed by atoms with Crippen LogP contribution >= 0.6 is 0 Å². The number of halogens is 3. The number of imidazole rings is 1. The second kappa shape index (κ2) is 8.84. The molecular weight excluding hydrogens is 443 g/mol. The van der Waals surface area contributed by atoms with E-state index in [4.69, 9.17) is 4.74 Å². The van der Waals surface area contributed by atoms with Gasteiger partial charge in [-0.05, 0) is 39.5 Å². The van der Waals surface area contributed by atoms with Crippen LogP contribution in [0, 0.1) is 5.92 Å². The molecule has 2 aromatic rings. The lowest BCUT2D eigenvalue weighted by Gasteiger charge is -2.24. The molecule has 182 valence electrons. The molecule has 0 spiro atoms. The minimum absolute atomic E-state index is 0.00122. The minimum atomic E-state index is -2.88. The zero-order valence-electron chi connectivity index (χ0n) is 18.6. The standard InChI is InChI=1S/C20H28F3N7O3/c1-20(2,3)33-19(32)29-6-11(21)12(7-29)25-15-14-16(30(9-24-14)17(22)23)28-18(27-15)26-13(8-31)10-4-5-10/h9-13,17,31H,4-8H2,1-3H3,(H2,25,26,27,28)/t11-,12-,13+/m1/s1. The quantitative estimate of drug-likeness (QED) is 0.564. The van der Waals surface area contributed by atoms with Gasteiger partial charge in [-0.1, -0.05) is 0 Å². The summed E-state index contributed by atoms with van der Waals surface area (Å²) in [4.78, 5) is 26.1. The Labute approximate surface area is 188 Å². The number of nitrogens with one attached hydrogen (secondary N) is 2. The van der Waals surface area contributed by atoms with Crippen LogP contribution in [0.2, 0.25) is 0 Å². The predicted octanol–water partition coefficient (Wildman–Crippen LogP) is 2.77. The number of rotatable bonds is 7. The monoisotopic (exact) mass is 471 g/mol. The van der Waals surface area contributed by atoms with Gasteiger partial charge in [-0.2, -0.15) is 18.7 Å². The van der Waals surface area contributed by atoms with Crippen molar-refractivity contribution in [3.63, 3.8) is 0 Å². The molecule has 0 aromatic carbocycles. The van der Waals surface area contributed by atoms with Crippen LogP contribution in [0.5, 0.6) is 0 Å². The normalized spacial score (nSPS) is 22.1. The van der Waals surface area contributed by atoms with Crippen LogP contribution in [0.15, 0.2) is 6.33 Å². The third-order valence-electron chi connectivity index (χ3n) is 5.56. The van der Waals surface area contributed by atoms with E-state index in [9.17, 15) is 23.1 Å². The van der Waals surface area contributed by atoms with Gasteiger partial charge in [0, 0.05) is 6.54 Å². The molecule has 0 bridgehead atoms. The van der Waals surface area contributed by atoms with Gasteiger partial charge in [0.25, 0.3) is 0 Å². The Balaban J connectivity index is 1.59. The molecule has 10 nitrogen and oxygen atoms in total. The van der Waals surface area contributed by atoms with Crippen LogP contribution < -0.4 is 10.6 Å². The first-order valence-corrected chi connectivity index (χ1v) is 10.8. The minimum Gasteiger partial charge on any atom is -0.444 e. The number of fused-ring (bicyclic) bond motifs is 1. The SMILES string of the molecule is CC(C)(C)OC(=O)N1C[C@@H](F)[C@H](Nc2nc(N[C@@H](CO)C3CC3)nc3c2ncn3C(F)F)C1. The van der Waals surface area contributed by atoms with Crippen molar-refractivity contribution in [2.75, 3.05) is 30.3 Å². The summed E-state index contributed by atoms with van der Waals surface area (Å²) in [5.41, 5.74) is -0.800. The average Bonchev–Trinajstić information content (AvgIpc) is 3.36. The highest BCUT2D eigenvalue weighted by Gasteiger charge is 2.38. The molecule has 3 atom stereocenters. The molecule has 3 heterocycles. The highest BCUT2D eigenvalue weighted by molar-refractivity contribution is 5.84. The zero-order valence-corrected chi connectivity index (χ0v) is 18.6. The number of hydrogen-bond acceptors (Lipinski definition) is 8. The van der Waals surface area contributed by atoms with Gasteiger partial charge in [0.15, 0.2) is 17.0 Å². The molecule has 0 radical (unpaired) electrons. The summed E-state index contributed by atoms with van der Waals surface area (Å²) in [6.45, 7) is 1.93. The van der Waals surface area contributed by atoms with Gasteiger partial charge < -0.3 is 25.4 Å². The molecule has 13 heteroatoms. The Morgan fingerprint density at radius 1 is 1.30 bits per heavy atom. The van der Waals surface area contributed by atoms with E-state index in [1.807, 2.05) is 0 Å². The number of hydrogen-bond donors (Lipinski definition) is 3. The molecule has 0 unspecified atom stereocenters. The van der Waals surface area contributed by atoms with Crippen LogP contribution in [0.1, 0.15) is 40.2 Å². The number of aliphatic hydroxyl groups is 1. The first-order valence-electron chi connectivity index (χ1n) is 10.8. The van der Waals surface area contributed by atoms with Crippen molar-refractivity contribution >= 4 is 29.0 Å². The van der Waals surface area contributed by atoms with E-state index in [0.29, 0.717) is 4.57 Å². The molecule has 33 heavy (non-hydrogen) atoms. The number of alkyl halides is 3. The van der Waals surface area contributed by atoms with Crippen molar-refractivity contribution in [3.05, 3.63) is 6.33 Å². The summed E-state index contributed by atoms with van der Waals surface area (Å²) in [7, 11) is 0. The maximum Gasteiger partial charge on any atom is 0.410 e. The van der Waals surface area contributed by atoms with Crippen LogP contribution in [-0.4, -0.2) is 79.2 Å². The third-order valence-corrected chi connectivity index (χ3v) is 5.56. The van der Waals surface area contributed by atoms with Crippen LogP contribution in [0.4, 0.5) is 29.7 Å². The highest BCUT2D eigenvalue weighted by atomic mass is 19.3. The number of carbonyl (C=O) groups is 1. The summed E-state index contributed by atoms with van der Waals surface area (Å²) >= 11 is 0. The van der Waals surface area contributed by atoms with Gasteiger partial charge in [-0.25, -0.2) is 14.2 Å². The van der Waals surface area contributed by atoms with Crippen molar-refractivity contribution in [2.45, 2.75) is 64.0 Å². The largest absolute Gasteiger partial charge is 0.444 e. The molecule has 3 N–H and O–H groups in total. The summed E-state index contributed by atoms with van der Waals surface area (Å²) in [6, 6.07) is -1.17. The first-order chi connectivity index (χ1) is 15.6. The molecule has 4 rings (SSSR count). The van der Waals surface area contributed by atoms with Gasteiger partial charge >= 0.3 is 12.6 Å². The fourth-order valence-corrected chi connectivity index (χ4v) is 3.75. The van der Waals surface area contributed by atoms with Crippen molar-refractivity contribution in [2.24, 2.45) is 5.92 Å². The van der Waals surface area contributed by atoms with Crippen molar-refractivity contribution < 1.29 is 27.8 Å². The number of aromatic nitrogens is 4. The van der Waals surface area contributed by atoms with E-state index in [2.05, 4.69) is 25.6 Å². The van der Waals surface area contributed by atoms with E-state index >= 15 is 0 Å². The molecule has 2 aromatic heterocycles. The summed E-state index contributed by atoms with van der Waals surface area (Å²) in [5.74, 6) is 0.335. The fourth-order valence-electron chi connectivity index (χ4n) is 3.75. The Hall–Kier alpha value is -2.83. The number of anilines is 2. The molecule has 2 aliphatic rings. The fraction of sp³-hybridized carbons (Fsp3) is 0.700. The lowest BCUT2D eigenvalue weighted by molar-refractivity contribution is 0.0283. The molecule has 1 amide bonds. The van der Waals surface area contributed by atoms with Crippen LogP contribution in [-0.2, 0) is 4.74 Å². The smallest absolute Gasteiger partial charge is 0.410 e. The van der Waals surface area contributed by atoms with Gasteiger partial charge in [0.1, 0.15) is 18.1 Å². The second-order valence-electron chi connectivity index (χ2n) is 9.42. The van der Waals surface area contributed by atoms with Gasteiger partial charge in [0.05, 0.1) is 25.2 Å². The van der Waals surface area contributed by atoms with Crippen LogP contribution in [0.3, 0.4) is 0 Å². The molecule has 1 saturated carbocycles. The molecular formula is C20H28F3N7O3. The molecule has 1 aliphatic carbocycles. The Morgan fingerprint density at radius 2 is 2.03 bits per heavy atom. The lowest BCUT2D eigenvalue weighted by atomic mass is 10.2. The summed E-state index contributed by atoms with van der Waals surface area (Å²) in [5, 5.41) is 15.5. The summed E-state index contributed by atoms with van der Waals surface area (Å²) < 4.78 is 47.6. The van der Waals surface area contributed by atoms with Crippen molar-refractivity contribution in [3.8, 4) is 0 Å². The number of amides is 1. The number of carbonyl (C=O) groups excluding carboxylic acids is 1. The molecule has 2 fully saturated rings. The Bertz CT molecular complexity index is 1010. The topological polar surface area (TPSA) is 117 Å². The second-order valence-corrected chi connectivity index (χ2v) is 9.42. The van der Waals surface area contributed by atoms with E-state index < -0.39 is 30.5 Å². The Morgan fingerprint density at radius 3 is 2.64 bits per heavy atom. The van der Waals surface area contributed by atoms with Gasteiger partial charge in [-0.3, -0.25) is 4.57 Å². The summed E-state index contributed by atoms with van der Waals surface area (Å²) in [6.07, 6.45) is 0.742. The van der Waals surface area contributed by atoms with E-state index in [-0.39, 0.29) is 54.6 Å². The van der Waals surface area contributed by atoms with Crippen molar-refractivity contribution in [1.82, 2.24) is 24.4 Å². The lowest BCUT2D eigenvalue weighted by Crippen LogP contribution is -2.36. The maximum absolute atomic E-state index is 14.8. The van der Waals surface area contributed by atoms with E-state index in [0.717, 1.165) is 19.2 Å². The number of likely N-dealkylation sites (tertiary alicyclic amines) is 1. The van der Waals surface area contributed by atoms with Crippen LogP contribution in [0.25, 0.3) is 11.2 Å². The number of aliphatic hydroxyl groups excluding tert-OH is 1. The number of ether oxygens (including phenoxy) is 1. The van der Waals surface area contributed by atoms with Gasteiger partial charge in [0.2, 0.25) is 5.95 Å². The van der Waals surface area contributed by atoms with Crippen molar-refractivity contribution in [1.29, 1.82) is 0 Å².